The number of methoxy groups -OCH3 is 1. The molecule has 0 unspecified atom stereocenters. The number of benzene rings is 2. The van der Waals surface area contributed by atoms with Gasteiger partial charge in [0.15, 0.2) is 0 Å². The number of rotatable bonds is 7. The van der Waals surface area contributed by atoms with E-state index in [2.05, 4.69) is 4.72 Å². The summed E-state index contributed by atoms with van der Waals surface area (Å²) in [6, 6.07) is 8.31. The van der Waals surface area contributed by atoms with Crippen molar-refractivity contribution >= 4 is 45.1 Å². The van der Waals surface area contributed by atoms with Crippen molar-refractivity contribution < 1.29 is 32.6 Å². The normalized spacial score (nSPS) is 14.0. The molecule has 0 aromatic heterocycles. The summed E-state index contributed by atoms with van der Waals surface area (Å²) in [6.45, 7) is 3.59. The Labute approximate surface area is 196 Å². The lowest BCUT2D eigenvalue weighted by Gasteiger charge is -2.36. The average molecular weight is 498 g/mol. The van der Waals surface area contributed by atoms with E-state index in [1.807, 2.05) is 4.90 Å². The molecule has 0 saturated carbocycles. The number of carbonyl (C=O) groups excluding carboxylic acids is 1. The molecular weight excluding hydrogens is 474 g/mol. The lowest BCUT2D eigenvalue weighted by molar-refractivity contribution is 0.0696. The third-order valence-corrected chi connectivity index (χ3v) is 6.73. The van der Waals surface area contributed by atoms with Crippen molar-refractivity contribution in [2.24, 2.45) is 0 Å². The lowest BCUT2D eigenvalue weighted by atomic mass is 10.1. The summed E-state index contributed by atoms with van der Waals surface area (Å²) in [5.41, 5.74) is 0.460. The number of hydrogen-bond acceptors (Lipinski definition) is 7. The Morgan fingerprint density at radius 1 is 1.12 bits per heavy atom. The monoisotopic (exact) mass is 497 g/mol. The van der Waals surface area contributed by atoms with E-state index in [1.165, 1.54) is 37.4 Å². The topological polar surface area (TPSA) is 125 Å². The highest BCUT2D eigenvalue weighted by atomic mass is 35.5. The molecule has 0 aliphatic carbocycles. The number of amides is 1. The van der Waals surface area contributed by atoms with Gasteiger partial charge < -0.3 is 24.4 Å². The number of hydrogen-bond donors (Lipinski definition) is 2. The van der Waals surface area contributed by atoms with Crippen LogP contribution in [0, 0.1) is 0 Å². The first-order chi connectivity index (χ1) is 15.7. The third-order valence-electron chi connectivity index (χ3n) is 5.06. The van der Waals surface area contributed by atoms with Crippen molar-refractivity contribution in [1.29, 1.82) is 0 Å². The fourth-order valence-electron chi connectivity index (χ4n) is 3.42. The van der Waals surface area contributed by atoms with Gasteiger partial charge in [0.05, 0.1) is 34.9 Å². The Morgan fingerprint density at radius 2 is 1.82 bits per heavy atom. The molecule has 0 atom stereocenters. The number of ether oxygens (including phenoxy) is 2. The maximum Gasteiger partial charge on any atom is 0.409 e. The van der Waals surface area contributed by atoms with Crippen LogP contribution in [-0.2, 0) is 14.8 Å². The molecule has 1 fully saturated rings. The molecule has 12 heteroatoms. The van der Waals surface area contributed by atoms with Crippen molar-refractivity contribution in [3.63, 3.8) is 0 Å². The van der Waals surface area contributed by atoms with Crippen LogP contribution in [0.4, 0.5) is 16.2 Å². The Kier molecular flexibility index (Phi) is 7.54. The molecule has 0 spiro atoms. The fourth-order valence-corrected chi connectivity index (χ4v) is 4.82. The standard InChI is InChI=1S/C21H24ClN3O7S/c1-3-32-21(28)25-10-8-24(9-11-25)18-6-4-14(12-16(18)20(26)27)23-33(29,30)15-5-7-19(31-2)17(22)13-15/h4-7,12-13,23H,3,8-11H2,1-2H3,(H,26,27). The number of halogens is 1. The van der Waals surface area contributed by atoms with E-state index in [9.17, 15) is 23.1 Å². The second-order valence-corrected chi connectivity index (χ2v) is 9.20. The van der Waals surface area contributed by atoms with Crippen LogP contribution in [0.5, 0.6) is 5.75 Å². The van der Waals surface area contributed by atoms with Crippen molar-refractivity contribution in [3.05, 3.63) is 47.0 Å². The van der Waals surface area contributed by atoms with Gasteiger partial charge in [0, 0.05) is 31.9 Å². The Balaban J connectivity index is 1.80. The Hall–Kier alpha value is -3.18. The van der Waals surface area contributed by atoms with Gasteiger partial charge in [-0.05, 0) is 43.3 Å². The molecule has 1 heterocycles. The molecule has 178 valence electrons. The number of anilines is 2. The zero-order valence-corrected chi connectivity index (χ0v) is 19.6. The van der Waals surface area contributed by atoms with E-state index < -0.39 is 22.1 Å². The number of carboxylic acids is 1. The van der Waals surface area contributed by atoms with Gasteiger partial charge in [-0.25, -0.2) is 18.0 Å². The SMILES string of the molecule is CCOC(=O)N1CCN(c2ccc(NS(=O)(=O)c3ccc(OC)c(Cl)c3)cc2C(=O)O)CC1. The van der Waals surface area contributed by atoms with Gasteiger partial charge in [0.1, 0.15) is 5.75 Å². The molecule has 1 aliphatic heterocycles. The zero-order valence-electron chi connectivity index (χ0n) is 18.1. The first-order valence-electron chi connectivity index (χ1n) is 10.1. The van der Waals surface area contributed by atoms with Gasteiger partial charge in [-0.3, -0.25) is 4.72 Å². The van der Waals surface area contributed by atoms with Crippen molar-refractivity contribution in [2.45, 2.75) is 11.8 Å². The molecule has 1 saturated heterocycles. The van der Waals surface area contributed by atoms with Gasteiger partial charge in [-0.2, -0.15) is 0 Å². The highest BCUT2D eigenvalue weighted by molar-refractivity contribution is 7.92. The zero-order chi connectivity index (χ0) is 24.2. The summed E-state index contributed by atoms with van der Waals surface area (Å²) in [5, 5.41) is 9.85. The third kappa shape index (κ3) is 5.60. The number of carboxylic acid groups (broad SMARTS) is 1. The minimum atomic E-state index is -4.02. The summed E-state index contributed by atoms with van der Waals surface area (Å²) in [7, 11) is -2.60. The number of nitrogens with zero attached hydrogens (tertiary/aromatic N) is 2. The fraction of sp³-hybridized carbons (Fsp3) is 0.333. The van der Waals surface area contributed by atoms with E-state index in [1.54, 1.807) is 17.9 Å². The summed E-state index contributed by atoms with van der Waals surface area (Å²) in [5.74, 6) is -0.873. The average Bonchev–Trinajstić information content (AvgIpc) is 2.79. The van der Waals surface area contributed by atoms with Gasteiger partial charge in [-0.1, -0.05) is 11.6 Å². The van der Waals surface area contributed by atoms with Crippen molar-refractivity contribution in [3.8, 4) is 5.75 Å². The predicted octanol–water partition coefficient (Wildman–Crippen LogP) is 3.13. The smallest absolute Gasteiger partial charge is 0.409 e. The van der Waals surface area contributed by atoms with E-state index in [-0.39, 0.29) is 27.8 Å². The van der Waals surface area contributed by atoms with Gasteiger partial charge in [0.25, 0.3) is 10.0 Å². The molecule has 1 amide bonds. The summed E-state index contributed by atoms with van der Waals surface area (Å²) in [6.07, 6.45) is -0.404. The van der Waals surface area contributed by atoms with Crippen LogP contribution >= 0.6 is 11.6 Å². The summed E-state index contributed by atoms with van der Waals surface area (Å²) < 4.78 is 37.9. The summed E-state index contributed by atoms with van der Waals surface area (Å²) >= 11 is 6.03. The molecule has 33 heavy (non-hydrogen) atoms. The molecule has 2 aromatic rings. The quantitative estimate of drug-likeness (QED) is 0.597. The van der Waals surface area contributed by atoms with Crippen LogP contribution in [0.3, 0.4) is 0 Å². The molecule has 2 aromatic carbocycles. The first-order valence-corrected chi connectivity index (χ1v) is 11.9. The predicted molar refractivity (Wildman–Crippen MR) is 123 cm³/mol. The van der Waals surface area contributed by atoms with E-state index in [4.69, 9.17) is 21.1 Å². The number of sulfonamides is 1. The maximum atomic E-state index is 12.8. The van der Waals surface area contributed by atoms with Crippen LogP contribution in [0.2, 0.25) is 5.02 Å². The molecule has 3 rings (SSSR count). The second-order valence-electron chi connectivity index (χ2n) is 7.11. The maximum absolute atomic E-state index is 12.8. The van der Waals surface area contributed by atoms with Crippen LogP contribution in [0.25, 0.3) is 0 Å². The van der Waals surface area contributed by atoms with Crippen LogP contribution < -0.4 is 14.4 Å². The molecule has 2 N–H and O–H groups in total. The number of aromatic carboxylic acids is 1. The van der Waals surface area contributed by atoms with Crippen LogP contribution in [0.1, 0.15) is 17.3 Å². The number of nitrogens with one attached hydrogen (secondary N) is 1. The lowest BCUT2D eigenvalue weighted by Crippen LogP contribution is -2.49. The largest absolute Gasteiger partial charge is 0.495 e. The Morgan fingerprint density at radius 3 is 2.39 bits per heavy atom. The highest BCUT2D eigenvalue weighted by Crippen LogP contribution is 2.30. The first kappa shape index (κ1) is 24.5. The van der Waals surface area contributed by atoms with Crippen LogP contribution in [0.15, 0.2) is 41.3 Å². The number of piperazine rings is 1. The Bertz CT molecular complexity index is 1150. The molecule has 0 radical (unpaired) electrons. The van der Waals surface area contributed by atoms with Gasteiger partial charge in [0.2, 0.25) is 0 Å². The minimum absolute atomic E-state index is 0.0625. The van der Waals surface area contributed by atoms with E-state index in [0.717, 1.165) is 0 Å². The second kappa shape index (κ2) is 10.2. The summed E-state index contributed by atoms with van der Waals surface area (Å²) in [4.78, 5) is 27.1. The molecule has 10 nitrogen and oxygen atoms in total. The highest BCUT2D eigenvalue weighted by Gasteiger charge is 2.25. The van der Waals surface area contributed by atoms with E-state index in [0.29, 0.717) is 37.6 Å². The van der Waals surface area contributed by atoms with Crippen molar-refractivity contribution in [1.82, 2.24) is 4.90 Å². The van der Waals surface area contributed by atoms with E-state index >= 15 is 0 Å². The molecule has 0 bridgehead atoms. The molecule has 1 aliphatic rings. The molecular formula is C21H24ClN3O7S. The van der Waals surface area contributed by atoms with Crippen LogP contribution in [-0.4, -0.2) is 70.4 Å². The van der Waals surface area contributed by atoms with Gasteiger partial charge >= 0.3 is 12.1 Å². The minimum Gasteiger partial charge on any atom is -0.495 e. The van der Waals surface area contributed by atoms with Crippen molar-refractivity contribution in [2.75, 3.05) is 49.5 Å². The van der Waals surface area contributed by atoms with Gasteiger partial charge in [-0.15, -0.1) is 0 Å². The number of carbonyl (C=O) groups is 2.